The number of nitrogens with one attached hydrogen (secondary N) is 2. The van der Waals surface area contributed by atoms with E-state index in [1.165, 1.54) is 5.56 Å². The van der Waals surface area contributed by atoms with Crippen LogP contribution in [0.1, 0.15) is 16.9 Å². The van der Waals surface area contributed by atoms with Crippen LogP contribution < -0.4 is 15.4 Å². The molecule has 0 aliphatic carbocycles. The Morgan fingerprint density at radius 2 is 1.81 bits per heavy atom. The first-order valence-electron chi connectivity index (χ1n) is 9.05. The summed E-state index contributed by atoms with van der Waals surface area (Å²) in [6, 6.07) is 22.1. The van der Waals surface area contributed by atoms with Gasteiger partial charge in [0.25, 0.3) is 0 Å². The maximum absolute atomic E-state index is 5.39. The van der Waals surface area contributed by atoms with Crippen molar-refractivity contribution in [2.45, 2.75) is 19.5 Å². The molecule has 5 heteroatoms. The Balaban J connectivity index is 1.61. The number of hydrogen-bond acceptors (Lipinski definition) is 3. The average Bonchev–Trinajstić information content (AvgIpc) is 3.24. The Hall–Kier alpha value is -3.21. The molecular weight excluding hydrogens is 338 g/mol. The van der Waals surface area contributed by atoms with Gasteiger partial charge in [-0.05, 0) is 35.4 Å². The third kappa shape index (κ3) is 6.22. The Morgan fingerprint density at radius 1 is 0.963 bits per heavy atom. The van der Waals surface area contributed by atoms with Crippen LogP contribution in [0.3, 0.4) is 0 Å². The lowest BCUT2D eigenvalue weighted by atomic mass is 10.2. The lowest BCUT2D eigenvalue weighted by Gasteiger charge is -2.13. The number of nitrogens with zero attached hydrogens (tertiary/aromatic N) is 1. The second-order valence-electron chi connectivity index (χ2n) is 6.11. The molecule has 27 heavy (non-hydrogen) atoms. The first kappa shape index (κ1) is 18.6. The van der Waals surface area contributed by atoms with Crippen LogP contribution in [0.2, 0.25) is 0 Å². The third-order valence-electron chi connectivity index (χ3n) is 4.10. The number of hydrogen-bond donors (Lipinski definition) is 2. The van der Waals surface area contributed by atoms with E-state index in [-0.39, 0.29) is 0 Å². The van der Waals surface area contributed by atoms with Gasteiger partial charge in [-0.2, -0.15) is 0 Å². The van der Waals surface area contributed by atoms with E-state index >= 15 is 0 Å². The molecule has 0 bridgehead atoms. The zero-order valence-corrected chi connectivity index (χ0v) is 15.5. The number of ether oxygens (including phenoxy) is 1. The van der Waals surface area contributed by atoms with Crippen molar-refractivity contribution < 1.29 is 9.15 Å². The van der Waals surface area contributed by atoms with Gasteiger partial charge in [0.1, 0.15) is 11.5 Å². The van der Waals surface area contributed by atoms with Crippen LogP contribution in [-0.2, 0) is 19.5 Å². The molecule has 0 spiro atoms. The minimum Gasteiger partial charge on any atom is -0.497 e. The number of furan rings is 1. The lowest BCUT2D eigenvalue weighted by molar-refractivity contribution is 0.414. The van der Waals surface area contributed by atoms with Crippen molar-refractivity contribution in [2.24, 2.45) is 4.99 Å². The average molecular weight is 363 g/mol. The standard InChI is InChI=1S/C22H25N3O2/c1-26-21-10-5-9-19(15-21)17-25-22(23-13-12-20-11-6-14-27-20)24-16-18-7-3-2-4-8-18/h2-11,14-15H,12-13,16-17H2,1H3,(H2,23,24,25). The molecule has 1 aromatic heterocycles. The fourth-order valence-electron chi connectivity index (χ4n) is 2.66. The summed E-state index contributed by atoms with van der Waals surface area (Å²) >= 11 is 0. The summed E-state index contributed by atoms with van der Waals surface area (Å²) in [4.78, 5) is 4.71. The minimum absolute atomic E-state index is 0.572. The van der Waals surface area contributed by atoms with E-state index in [2.05, 4.69) is 22.8 Å². The summed E-state index contributed by atoms with van der Waals surface area (Å²) in [5.74, 6) is 2.57. The molecule has 0 unspecified atom stereocenters. The molecule has 140 valence electrons. The Bertz CT molecular complexity index is 830. The van der Waals surface area contributed by atoms with Gasteiger partial charge in [-0.25, -0.2) is 4.99 Å². The van der Waals surface area contributed by atoms with Crippen LogP contribution in [0.15, 0.2) is 82.4 Å². The number of benzene rings is 2. The Kier molecular flexibility index (Phi) is 6.92. The lowest BCUT2D eigenvalue weighted by Crippen LogP contribution is -2.38. The number of methoxy groups -OCH3 is 1. The van der Waals surface area contributed by atoms with E-state index in [1.807, 2.05) is 54.6 Å². The van der Waals surface area contributed by atoms with E-state index in [0.717, 1.165) is 36.0 Å². The third-order valence-corrected chi connectivity index (χ3v) is 4.10. The highest BCUT2D eigenvalue weighted by atomic mass is 16.5. The van der Waals surface area contributed by atoms with Gasteiger partial charge in [-0.15, -0.1) is 0 Å². The van der Waals surface area contributed by atoms with Crippen LogP contribution >= 0.6 is 0 Å². The van der Waals surface area contributed by atoms with Gasteiger partial charge < -0.3 is 19.8 Å². The molecule has 0 aliphatic heterocycles. The molecule has 0 amide bonds. The van der Waals surface area contributed by atoms with Crippen LogP contribution in [0.5, 0.6) is 5.75 Å². The predicted molar refractivity (Wildman–Crippen MR) is 108 cm³/mol. The first-order chi connectivity index (χ1) is 13.3. The van der Waals surface area contributed by atoms with Crippen molar-refractivity contribution >= 4 is 5.96 Å². The number of guanidine groups is 1. The maximum atomic E-state index is 5.39. The van der Waals surface area contributed by atoms with E-state index in [1.54, 1.807) is 13.4 Å². The van der Waals surface area contributed by atoms with Gasteiger partial charge in [-0.3, -0.25) is 0 Å². The smallest absolute Gasteiger partial charge is 0.191 e. The highest BCUT2D eigenvalue weighted by Gasteiger charge is 2.02. The topological polar surface area (TPSA) is 58.8 Å². The molecule has 2 aromatic carbocycles. The first-order valence-corrected chi connectivity index (χ1v) is 9.05. The van der Waals surface area contributed by atoms with Gasteiger partial charge in [0.2, 0.25) is 0 Å². The van der Waals surface area contributed by atoms with Gasteiger partial charge in [-0.1, -0.05) is 42.5 Å². The summed E-state index contributed by atoms with van der Waals surface area (Å²) in [7, 11) is 1.67. The molecule has 0 saturated heterocycles. The van der Waals surface area contributed by atoms with Crippen molar-refractivity contribution in [3.63, 3.8) is 0 Å². The Labute approximate surface area is 160 Å². The maximum Gasteiger partial charge on any atom is 0.191 e. The molecule has 3 rings (SSSR count). The van der Waals surface area contributed by atoms with Gasteiger partial charge in [0.15, 0.2) is 5.96 Å². The number of rotatable bonds is 8. The van der Waals surface area contributed by atoms with Gasteiger partial charge in [0, 0.05) is 19.5 Å². The Morgan fingerprint density at radius 3 is 2.59 bits per heavy atom. The fourth-order valence-corrected chi connectivity index (χ4v) is 2.66. The summed E-state index contributed by atoms with van der Waals surface area (Å²) < 4.78 is 10.7. The molecule has 0 radical (unpaired) electrons. The molecular formula is C22H25N3O2. The molecule has 3 aromatic rings. The van der Waals surface area contributed by atoms with Crippen LogP contribution in [0, 0.1) is 0 Å². The monoisotopic (exact) mass is 363 g/mol. The molecule has 5 nitrogen and oxygen atoms in total. The van der Waals surface area contributed by atoms with Crippen molar-refractivity contribution in [3.05, 3.63) is 89.9 Å². The summed E-state index contributed by atoms with van der Waals surface area (Å²) in [5, 5.41) is 6.77. The molecule has 0 atom stereocenters. The van der Waals surface area contributed by atoms with Crippen molar-refractivity contribution in [3.8, 4) is 5.75 Å². The quantitative estimate of drug-likeness (QED) is 0.472. The molecule has 0 fully saturated rings. The normalized spacial score (nSPS) is 11.2. The highest BCUT2D eigenvalue weighted by Crippen LogP contribution is 2.13. The molecule has 0 aliphatic rings. The van der Waals surface area contributed by atoms with Crippen molar-refractivity contribution in [2.75, 3.05) is 13.7 Å². The van der Waals surface area contributed by atoms with E-state index < -0.39 is 0 Å². The largest absolute Gasteiger partial charge is 0.497 e. The summed E-state index contributed by atoms with van der Waals surface area (Å²) in [5.41, 5.74) is 2.31. The van der Waals surface area contributed by atoms with Crippen molar-refractivity contribution in [1.29, 1.82) is 0 Å². The van der Waals surface area contributed by atoms with Gasteiger partial charge in [0.05, 0.1) is 19.9 Å². The minimum atomic E-state index is 0.572. The van der Waals surface area contributed by atoms with E-state index in [0.29, 0.717) is 13.1 Å². The predicted octanol–water partition coefficient (Wildman–Crippen LogP) is 3.77. The molecule has 1 heterocycles. The highest BCUT2D eigenvalue weighted by molar-refractivity contribution is 5.79. The zero-order chi connectivity index (χ0) is 18.7. The van der Waals surface area contributed by atoms with Gasteiger partial charge >= 0.3 is 0 Å². The van der Waals surface area contributed by atoms with E-state index in [4.69, 9.17) is 14.1 Å². The fraction of sp³-hybridized carbons (Fsp3) is 0.227. The summed E-state index contributed by atoms with van der Waals surface area (Å²) in [6.45, 7) is 2.03. The second-order valence-corrected chi connectivity index (χ2v) is 6.11. The van der Waals surface area contributed by atoms with E-state index in [9.17, 15) is 0 Å². The number of aliphatic imine (C=N–C) groups is 1. The summed E-state index contributed by atoms with van der Waals surface area (Å²) in [6.07, 6.45) is 2.50. The zero-order valence-electron chi connectivity index (χ0n) is 15.5. The van der Waals surface area contributed by atoms with Crippen LogP contribution in [0.25, 0.3) is 0 Å². The molecule has 2 N–H and O–H groups in total. The van der Waals surface area contributed by atoms with Crippen molar-refractivity contribution in [1.82, 2.24) is 10.6 Å². The SMILES string of the molecule is COc1cccc(CN=C(NCCc2ccco2)NCc2ccccc2)c1. The second kappa shape index (κ2) is 10.1. The molecule has 0 saturated carbocycles. The van der Waals surface area contributed by atoms with Crippen LogP contribution in [-0.4, -0.2) is 19.6 Å². The van der Waals surface area contributed by atoms with Crippen LogP contribution in [0.4, 0.5) is 0 Å².